The van der Waals surface area contributed by atoms with E-state index in [1.54, 1.807) is 6.07 Å². The van der Waals surface area contributed by atoms with Crippen LogP contribution in [-0.2, 0) is 13.1 Å². The average molecular weight is 452 g/mol. The van der Waals surface area contributed by atoms with Gasteiger partial charge in [-0.25, -0.2) is 4.79 Å². The van der Waals surface area contributed by atoms with Gasteiger partial charge in [-0.3, -0.25) is 4.90 Å². The minimum absolute atomic E-state index is 0.369. The van der Waals surface area contributed by atoms with Crippen molar-refractivity contribution in [2.24, 2.45) is 0 Å². The second-order valence-electron chi connectivity index (χ2n) is 7.72. The van der Waals surface area contributed by atoms with Crippen molar-refractivity contribution in [1.29, 1.82) is 0 Å². The third-order valence-corrected chi connectivity index (χ3v) is 6.29. The highest BCUT2D eigenvalue weighted by molar-refractivity contribution is 6.42. The Hall–Kier alpha value is -2.79. The predicted octanol–water partition coefficient (Wildman–Crippen LogP) is 6.43. The molecule has 0 aliphatic carbocycles. The van der Waals surface area contributed by atoms with Crippen molar-refractivity contribution in [2.45, 2.75) is 20.0 Å². The lowest BCUT2D eigenvalue weighted by molar-refractivity contribution is 0.0881. The van der Waals surface area contributed by atoms with Crippen LogP contribution in [0.5, 0.6) is 5.75 Å². The molecule has 0 saturated carbocycles. The minimum atomic E-state index is -0.369. The van der Waals surface area contributed by atoms with Gasteiger partial charge in [-0.05, 0) is 41.8 Å². The molecule has 1 aliphatic heterocycles. The summed E-state index contributed by atoms with van der Waals surface area (Å²) in [6, 6.07) is 19.2. The lowest BCUT2D eigenvalue weighted by Crippen LogP contribution is -2.32. The summed E-state index contributed by atoms with van der Waals surface area (Å²) in [6.45, 7) is 3.76. The molecule has 0 spiro atoms. The first-order valence-electron chi connectivity index (χ1n) is 9.94. The standard InChI is InChI=1S/C25H19Cl2NO3/c1-15-24-18(13-28(14-30-24)12-16-7-8-21(26)22(27)9-16)10-20-19(11-23(29)31-25(15)20)17-5-3-2-4-6-17/h2-11H,12-14H2,1H3. The molecule has 1 aromatic heterocycles. The van der Waals surface area contributed by atoms with E-state index in [0.717, 1.165) is 39.0 Å². The Bertz CT molecular complexity index is 1350. The number of aryl methyl sites for hydroxylation is 1. The number of nitrogens with zero attached hydrogens (tertiary/aromatic N) is 1. The van der Waals surface area contributed by atoms with Crippen LogP contribution in [0.2, 0.25) is 10.0 Å². The zero-order valence-corrected chi connectivity index (χ0v) is 18.3. The highest BCUT2D eigenvalue weighted by atomic mass is 35.5. The van der Waals surface area contributed by atoms with Crippen molar-refractivity contribution in [1.82, 2.24) is 4.90 Å². The molecule has 0 fully saturated rings. The van der Waals surface area contributed by atoms with Gasteiger partial charge in [-0.1, -0.05) is 59.6 Å². The average Bonchev–Trinajstić information content (AvgIpc) is 2.77. The van der Waals surface area contributed by atoms with E-state index in [4.69, 9.17) is 32.4 Å². The highest BCUT2D eigenvalue weighted by Gasteiger charge is 2.23. The fourth-order valence-corrected chi connectivity index (χ4v) is 4.44. The van der Waals surface area contributed by atoms with E-state index < -0.39 is 0 Å². The molecule has 4 aromatic rings. The smallest absolute Gasteiger partial charge is 0.336 e. The largest absolute Gasteiger partial charge is 0.477 e. The summed E-state index contributed by atoms with van der Waals surface area (Å²) < 4.78 is 11.7. The van der Waals surface area contributed by atoms with Crippen molar-refractivity contribution in [2.75, 3.05) is 6.73 Å². The van der Waals surface area contributed by atoms with Crippen molar-refractivity contribution >= 4 is 34.2 Å². The number of fused-ring (bicyclic) bond motifs is 2. The molecular weight excluding hydrogens is 433 g/mol. The number of hydrogen-bond acceptors (Lipinski definition) is 4. The number of ether oxygens (including phenoxy) is 1. The Balaban J connectivity index is 1.56. The minimum Gasteiger partial charge on any atom is -0.477 e. The van der Waals surface area contributed by atoms with Crippen LogP contribution >= 0.6 is 23.2 Å². The van der Waals surface area contributed by atoms with Gasteiger partial charge in [0.25, 0.3) is 0 Å². The first-order valence-corrected chi connectivity index (χ1v) is 10.7. The molecule has 5 rings (SSSR count). The third-order valence-electron chi connectivity index (χ3n) is 5.55. The van der Waals surface area contributed by atoms with Crippen LogP contribution in [-0.4, -0.2) is 11.6 Å². The summed E-state index contributed by atoms with van der Waals surface area (Å²) in [5, 5.41) is 1.99. The summed E-state index contributed by atoms with van der Waals surface area (Å²) in [7, 11) is 0. The highest BCUT2D eigenvalue weighted by Crippen LogP contribution is 2.38. The van der Waals surface area contributed by atoms with Crippen molar-refractivity contribution in [3.8, 4) is 16.9 Å². The zero-order chi connectivity index (χ0) is 21.5. The summed E-state index contributed by atoms with van der Waals surface area (Å²) in [6.07, 6.45) is 0. The molecular formula is C25H19Cl2NO3. The quantitative estimate of drug-likeness (QED) is 0.336. The molecule has 0 bridgehead atoms. The number of hydrogen-bond donors (Lipinski definition) is 0. The van der Waals surface area contributed by atoms with Crippen LogP contribution in [0.25, 0.3) is 22.1 Å². The Kier molecular flexibility index (Phi) is 5.22. The molecule has 31 heavy (non-hydrogen) atoms. The van der Waals surface area contributed by atoms with Gasteiger partial charge in [-0.2, -0.15) is 0 Å². The Morgan fingerprint density at radius 2 is 1.81 bits per heavy atom. The maximum Gasteiger partial charge on any atom is 0.336 e. The summed E-state index contributed by atoms with van der Waals surface area (Å²) in [5.41, 5.74) is 5.01. The molecule has 2 heterocycles. The Morgan fingerprint density at radius 3 is 2.58 bits per heavy atom. The van der Waals surface area contributed by atoms with E-state index in [2.05, 4.69) is 11.0 Å². The molecule has 0 saturated heterocycles. The van der Waals surface area contributed by atoms with E-state index >= 15 is 0 Å². The molecule has 0 N–H and O–H groups in total. The summed E-state index contributed by atoms with van der Waals surface area (Å²) >= 11 is 12.2. The van der Waals surface area contributed by atoms with Gasteiger partial charge < -0.3 is 9.15 Å². The van der Waals surface area contributed by atoms with Gasteiger partial charge in [0.1, 0.15) is 18.1 Å². The molecule has 0 atom stereocenters. The van der Waals surface area contributed by atoms with Crippen LogP contribution in [0.1, 0.15) is 16.7 Å². The lowest BCUT2D eigenvalue weighted by atomic mass is 9.97. The van der Waals surface area contributed by atoms with E-state index in [9.17, 15) is 4.79 Å². The third kappa shape index (κ3) is 3.83. The van der Waals surface area contributed by atoms with Crippen LogP contribution in [0.4, 0.5) is 0 Å². The molecule has 3 aromatic carbocycles. The molecule has 6 heteroatoms. The van der Waals surface area contributed by atoms with Crippen LogP contribution in [0.15, 0.2) is 69.9 Å². The van der Waals surface area contributed by atoms with Gasteiger partial charge in [0, 0.05) is 35.7 Å². The van der Waals surface area contributed by atoms with Gasteiger partial charge in [0.05, 0.1) is 10.0 Å². The fraction of sp³-hybridized carbons (Fsp3) is 0.160. The number of halogens is 2. The molecule has 0 unspecified atom stereocenters. The second-order valence-corrected chi connectivity index (χ2v) is 8.53. The molecule has 4 nitrogen and oxygen atoms in total. The topological polar surface area (TPSA) is 42.7 Å². The van der Waals surface area contributed by atoms with Gasteiger partial charge in [-0.15, -0.1) is 0 Å². The van der Waals surface area contributed by atoms with E-state index in [1.165, 1.54) is 0 Å². The normalized spacial score (nSPS) is 13.8. The van der Waals surface area contributed by atoms with Gasteiger partial charge >= 0.3 is 5.63 Å². The molecule has 0 amide bonds. The monoisotopic (exact) mass is 451 g/mol. The SMILES string of the molecule is Cc1c2c(cc3c(-c4ccccc4)cc(=O)oc13)CN(Cc1ccc(Cl)c(Cl)c1)CO2. The molecule has 0 radical (unpaired) electrons. The first kappa shape index (κ1) is 20.1. The lowest BCUT2D eigenvalue weighted by Gasteiger charge is -2.30. The van der Waals surface area contributed by atoms with Gasteiger partial charge in [0.15, 0.2) is 0 Å². The molecule has 1 aliphatic rings. The fourth-order valence-electron chi connectivity index (χ4n) is 4.12. The van der Waals surface area contributed by atoms with Crippen LogP contribution in [0, 0.1) is 6.92 Å². The Morgan fingerprint density at radius 1 is 1.00 bits per heavy atom. The second kappa shape index (κ2) is 8.04. The number of benzene rings is 3. The Labute approximate surface area is 189 Å². The van der Waals surface area contributed by atoms with Crippen molar-refractivity contribution < 1.29 is 9.15 Å². The summed E-state index contributed by atoms with van der Waals surface area (Å²) in [4.78, 5) is 14.5. The summed E-state index contributed by atoms with van der Waals surface area (Å²) in [5.74, 6) is 0.784. The van der Waals surface area contributed by atoms with E-state index in [-0.39, 0.29) is 5.63 Å². The zero-order valence-electron chi connectivity index (χ0n) is 16.8. The molecule has 156 valence electrons. The predicted molar refractivity (Wildman–Crippen MR) is 124 cm³/mol. The maximum absolute atomic E-state index is 12.3. The van der Waals surface area contributed by atoms with E-state index in [1.807, 2.05) is 55.5 Å². The van der Waals surface area contributed by atoms with Crippen LogP contribution < -0.4 is 10.4 Å². The first-order chi connectivity index (χ1) is 15.0. The van der Waals surface area contributed by atoms with Crippen molar-refractivity contribution in [3.63, 3.8) is 0 Å². The number of rotatable bonds is 3. The van der Waals surface area contributed by atoms with Crippen molar-refractivity contribution in [3.05, 3.63) is 97.8 Å². The van der Waals surface area contributed by atoms with Crippen LogP contribution in [0.3, 0.4) is 0 Å². The van der Waals surface area contributed by atoms with E-state index in [0.29, 0.717) is 35.4 Å². The van der Waals surface area contributed by atoms with Gasteiger partial charge in [0.2, 0.25) is 0 Å². The maximum atomic E-state index is 12.3.